The molecular formula is C25H33ClN2O4S. The van der Waals surface area contributed by atoms with Gasteiger partial charge in [0, 0.05) is 24.0 Å². The summed E-state index contributed by atoms with van der Waals surface area (Å²) in [5, 5.41) is 16.5. The first-order valence-corrected chi connectivity index (χ1v) is 13.6. The number of nitrogens with two attached hydrogens (primary N) is 1. The molecule has 0 aromatic heterocycles. The molecule has 0 radical (unpaired) electrons. The summed E-state index contributed by atoms with van der Waals surface area (Å²) in [7, 11) is -3.85. The lowest BCUT2D eigenvalue weighted by molar-refractivity contribution is 0.0465. The Morgan fingerprint density at radius 1 is 1.27 bits per heavy atom. The summed E-state index contributed by atoms with van der Waals surface area (Å²) < 4.78 is 30.5. The molecule has 2 aliphatic carbocycles. The number of halogens is 1. The predicted octanol–water partition coefficient (Wildman–Crippen LogP) is 4.20. The number of sulfonamides is 1. The summed E-state index contributed by atoms with van der Waals surface area (Å²) in [4.78, 5) is 2.29. The highest BCUT2D eigenvalue weighted by molar-refractivity contribution is 7.89. The summed E-state index contributed by atoms with van der Waals surface area (Å²) in [6.07, 6.45) is 12.2. The van der Waals surface area contributed by atoms with Crippen LogP contribution in [0.3, 0.4) is 0 Å². The van der Waals surface area contributed by atoms with Crippen molar-refractivity contribution < 1.29 is 18.3 Å². The molecule has 3 aliphatic rings. The highest BCUT2D eigenvalue weighted by atomic mass is 35.5. The van der Waals surface area contributed by atoms with Crippen LogP contribution in [0, 0.1) is 23.7 Å². The Balaban J connectivity index is 1.65. The summed E-state index contributed by atoms with van der Waals surface area (Å²) in [6.45, 7) is 5.71. The number of hydrogen-bond acceptors (Lipinski definition) is 5. The van der Waals surface area contributed by atoms with Crippen molar-refractivity contribution in [1.29, 1.82) is 0 Å². The van der Waals surface area contributed by atoms with Crippen molar-refractivity contribution in [2.45, 2.75) is 43.1 Å². The van der Waals surface area contributed by atoms with Gasteiger partial charge in [0.1, 0.15) is 5.75 Å². The minimum absolute atomic E-state index is 0.0751. The largest absolute Gasteiger partial charge is 0.491 e. The second-order valence-corrected chi connectivity index (χ2v) is 11.4. The SMILES string of the molecule is C=C[C@H](O)[C@@H]1CC[C@H]1CN1CCCCC2C=C(Cl)C=CC2COc2ccc(S(N)(=O)=O)cc21. The molecule has 1 saturated carbocycles. The summed E-state index contributed by atoms with van der Waals surface area (Å²) >= 11 is 6.26. The molecule has 5 atom stereocenters. The van der Waals surface area contributed by atoms with Crippen LogP contribution in [0.1, 0.15) is 32.1 Å². The van der Waals surface area contributed by atoms with Gasteiger partial charge in [-0.2, -0.15) is 0 Å². The highest BCUT2D eigenvalue weighted by Crippen LogP contribution is 2.41. The first-order chi connectivity index (χ1) is 15.8. The van der Waals surface area contributed by atoms with Crippen LogP contribution in [0.25, 0.3) is 0 Å². The van der Waals surface area contributed by atoms with E-state index in [1.165, 1.54) is 6.07 Å². The van der Waals surface area contributed by atoms with Crippen molar-refractivity contribution in [1.82, 2.24) is 0 Å². The molecule has 3 N–H and O–H groups in total. The Morgan fingerprint density at radius 2 is 2.09 bits per heavy atom. The number of rotatable bonds is 5. The van der Waals surface area contributed by atoms with E-state index in [-0.39, 0.29) is 16.7 Å². The Morgan fingerprint density at radius 3 is 2.79 bits per heavy atom. The van der Waals surface area contributed by atoms with Gasteiger partial charge in [-0.3, -0.25) is 0 Å². The number of fused-ring (bicyclic) bond motifs is 2. The van der Waals surface area contributed by atoms with Gasteiger partial charge in [0.15, 0.2) is 0 Å². The molecule has 1 heterocycles. The van der Waals surface area contributed by atoms with Crippen LogP contribution in [0.2, 0.25) is 0 Å². The van der Waals surface area contributed by atoms with Gasteiger partial charge < -0.3 is 14.7 Å². The first kappa shape index (κ1) is 24.3. The number of allylic oxidation sites excluding steroid dienone is 3. The van der Waals surface area contributed by atoms with Gasteiger partial charge in [-0.1, -0.05) is 36.2 Å². The summed E-state index contributed by atoms with van der Waals surface area (Å²) in [5.41, 5.74) is 0.743. The number of nitrogens with zero attached hydrogens (tertiary/aromatic N) is 1. The maximum absolute atomic E-state index is 12.1. The van der Waals surface area contributed by atoms with Crippen LogP contribution in [0.15, 0.2) is 59.0 Å². The fourth-order valence-electron chi connectivity index (χ4n) is 5.17. The van der Waals surface area contributed by atoms with Gasteiger partial charge in [0.25, 0.3) is 0 Å². The number of aliphatic hydroxyl groups excluding tert-OH is 1. The van der Waals surface area contributed by atoms with Gasteiger partial charge in [-0.15, -0.1) is 6.58 Å². The van der Waals surface area contributed by atoms with Crippen LogP contribution in [0.4, 0.5) is 5.69 Å². The topological polar surface area (TPSA) is 92.9 Å². The van der Waals surface area contributed by atoms with E-state index in [1.54, 1.807) is 18.2 Å². The molecule has 0 saturated heterocycles. The smallest absolute Gasteiger partial charge is 0.238 e. The normalized spacial score (nSPS) is 28.8. The van der Waals surface area contributed by atoms with E-state index in [0.717, 1.165) is 55.9 Å². The quantitative estimate of drug-likeness (QED) is 0.601. The Kier molecular flexibility index (Phi) is 7.53. The molecule has 33 heavy (non-hydrogen) atoms. The maximum atomic E-state index is 12.1. The third-order valence-corrected chi connectivity index (χ3v) is 8.45. The van der Waals surface area contributed by atoms with E-state index >= 15 is 0 Å². The molecule has 0 amide bonds. The highest BCUT2D eigenvalue weighted by Gasteiger charge is 2.36. The van der Waals surface area contributed by atoms with Gasteiger partial charge in [-0.05, 0) is 67.7 Å². The van der Waals surface area contributed by atoms with Crippen LogP contribution in [-0.4, -0.2) is 39.3 Å². The molecule has 4 rings (SSSR count). The molecule has 0 spiro atoms. The van der Waals surface area contributed by atoms with Crippen LogP contribution in [-0.2, 0) is 10.0 Å². The van der Waals surface area contributed by atoms with E-state index in [4.69, 9.17) is 21.5 Å². The zero-order valence-electron chi connectivity index (χ0n) is 18.8. The fourth-order valence-corrected chi connectivity index (χ4v) is 5.94. The zero-order valence-corrected chi connectivity index (χ0v) is 20.3. The lowest BCUT2D eigenvalue weighted by atomic mass is 9.70. The van der Waals surface area contributed by atoms with E-state index in [0.29, 0.717) is 24.2 Å². The monoisotopic (exact) mass is 492 g/mol. The molecule has 180 valence electrons. The second-order valence-electron chi connectivity index (χ2n) is 9.39. The Labute approximate surface area is 201 Å². The molecule has 2 unspecified atom stereocenters. The molecular weight excluding hydrogens is 460 g/mol. The van der Waals surface area contributed by atoms with Crippen LogP contribution < -0.4 is 14.8 Å². The second kappa shape index (κ2) is 10.2. The average molecular weight is 493 g/mol. The maximum Gasteiger partial charge on any atom is 0.238 e. The number of benzene rings is 1. The van der Waals surface area contributed by atoms with Gasteiger partial charge in [0.05, 0.1) is 23.3 Å². The van der Waals surface area contributed by atoms with Crippen molar-refractivity contribution in [3.05, 3.63) is 54.1 Å². The Hall–Kier alpha value is -1.80. The van der Waals surface area contributed by atoms with Gasteiger partial charge >= 0.3 is 0 Å². The van der Waals surface area contributed by atoms with E-state index < -0.39 is 16.1 Å². The van der Waals surface area contributed by atoms with Crippen molar-refractivity contribution in [3.63, 3.8) is 0 Å². The molecule has 8 heteroatoms. The standard InChI is InChI=1S/C25H33ClN2O4S/c1-2-24(29)22-10-7-18(22)15-28-12-4-3-5-17-13-20(26)8-6-19(17)16-32-25-11-9-21(14-23(25)28)33(27,30)31/h2,6,8-9,11,13-14,17-19,22,24,29H,1,3-5,7,10,12,15-16H2,(H2,27,30,31)/t17?,18-,19?,22+,24-/m0/s1. The molecule has 1 aromatic rings. The molecule has 1 aliphatic heterocycles. The first-order valence-electron chi connectivity index (χ1n) is 11.7. The number of hydrogen-bond donors (Lipinski definition) is 2. The van der Waals surface area contributed by atoms with Crippen molar-refractivity contribution >= 4 is 27.3 Å². The van der Waals surface area contributed by atoms with Crippen molar-refractivity contribution in [2.24, 2.45) is 28.8 Å². The minimum atomic E-state index is -3.85. The number of ether oxygens (including phenoxy) is 1. The average Bonchev–Trinajstić information content (AvgIpc) is 2.79. The lowest BCUT2D eigenvalue weighted by Gasteiger charge is -2.42. The van der Waals surface area contributed by atoms with E-state index in [9.17, 15) is 13.5 Å². The minimum Gasteiger partial charge on any atom is -0.491 e. The number of primary sulfonamides is 1. The van der Waals surface area contributed by atoms with Gasteiger partial charge in [0.2, 0.25) is 10.0 Å². The van der Waals surface area contributed by atoms with Crippen molar-refractivity contribution in [3.8, 4) is 5.75 Å². The van der Waals surface area contributed by atoms with Gasteiger partial charge in [-0.25, -0.2) is 13.6 Å². The third kappa shape index (κ3) is 5.65. The third-order valence-electron chi connectivity index (χ3n) is 7.28. The Bertz CT molecular complexity index is 1040. The van der Waals surface area contributed by atoms with Crippen molar-refractivity contribution in [2.75, 3.05) is 24.6 Å². The molecule has 1 fully saturated rings. The lowest BCUT2D eigenvalue weighted by Crippen LogP contribution is -2.43. The zero-order chi connectivity index (χ0) is 23.6. The summed E-state index contributed by atoms with van der Waals surface area (Å²) in [6, 6.07) is 4.84. The van der Waals surface area contributed by atoms with Crippen LogP contribution >= 0.6 is 11.6 Å². The predicted molar refractivity (Wildman–Crippen MR) is 132 cm³/mol. The molecule has 6 nitrogen and oxygen atoms in total. The number of aliphatic hydroxyl groups is 1. The fraction of sp³-hybridized carbons (Fsp3) is 0.520. The molecule has 1 aromatic carbocycles. The van der Waals surface area contributed by atoms with E-state index in [1.807, 2.05) is 6.08 Å². The molecule has 0 bridgehead atoms. The number of anilines is 1. The van der Waals surface area contributed by atoms with E-state index in [2.05, 4.69) is 23.6 Å². The summed E-state index contributed by atoms with van der Waals surface area (Å²) in [5.74, 6) is 1.66. The van der Waals surface area contributed by atoms with Crippen LogP contribution in [0.5, 0.6) is 5.75 Å².